The Morgan fingerprint density at radius 3 is 2.60 bits per heavy atom. The molecule has 0 aliphatic heterocycles. The van der Waals surface area contributed by atoms with Gasteiger partial charge in [0.25, 0.3) is 0 Å². The van der Waals surface area contributed by atoms with Gasteiger partial charge in [-0.3, -0.25) is 0 Å². The molecule has 0 amide bonds. The Bertz CT molecular complexity index is 309. The van der Waals surface area contributed by atoms with Crippen molar-refractivity contribution in [3.05, 3.63) is 34.9 Å². The minimum Gasteiger partial charge on any atom is -0.309 e. The molecule has 1 atom stereocenters. The molecule has 1 nitrogen and oxygen atoms in total. The minimum absolute atomic E-state index is 0.455. The van der Waals surface area contributed by atoms with Crippen LogP contribution in [0.5, 0.6) is 0 Å². The molecular formula is C13H21NS. The molecule has 0 aliphatic rings. The molecule has 1 unspecified atom stereocenters. The van der Waals surface area contributed by atoms with Crippen LogP contribution in [0.1, 0.15) is 29.7 Å². The third kappa shape index (κ3) is 3.88. The van der Waals surface area contributed by atoms with Crippen molar-refractivity contribution in [2.75, 3.05) is 18.6 Å². The van der Waals surface area contributed by atoms with Crippen LogP contribution in [0.15, 0.2) is 18.2 Å². The molecule has 0 heterocycles. The molecular weight excluding hydrogens is 202 g/mol. The van der Waals surface area contributed by atoms with Crippen molar-refractivity contribution in [3.63, 3.8) is 0 Å². The van der Waals surface area contributed by atoms with Crippen LogP contribution < -0.4 is 5.32 Å². The van der Waals surface area contributed by atoms with Gasteiger partial charge in [-0.05, 0) is 43.7 Å². The Morgan fingerprint density at radius 1 is 1.27 bits per heavy atom. The first-order valence-electron chi connectivity index (χ1n) is 5.44. The van der Waals surface area contributed by atoms with Crippen molar-refractivity contribution in [3.8, 4) is 0 Å². The molecule has 15 heavy (non-hydrogen) atoms. The predicted octanol–water partition coefficient (Wildman–Crippen LogP) is 3.32. The van der Waals surface area contributed by atoms with Gasteiger partial charge in [-0.25, -0.2) is 0 Å². The van der Waals surface area contributed by atoms with Crippen molar-refractivity contribution >= 4 is 11.8 Å². The maximum Gasteiger partial charge on any atom is 0.0292 e. The van der Waals surface area contributed by atoms with E-state index in [4.69, 9.17) is 0 Å². The van der Waals surface area contributed by atoms with E-state index in [1.54, 1.807) is 0 Å². The fraction of sp³-hybridized carbons (Fsp3) is 0.538. The van der Waals surface area contributed by atoms with Crippen molar-refractivity contribution in [1.82, 2.24) is 5.32 Å². The zero-order chi connectivity index (χ0) is 11.3. The predicted molar refractivity (Wildman–Crippen MR) is 70.7 cm³/mol. The number of hydrogen-bond donors (Lipinski definition) is 1. The summed E-state index contributed by atoms with van der Waals surface area (Å²) in [6, 6.07) is 7.17. The molecule has 0 aromatic heterocycles. The average Bonchev–Trinajstić information content (AvgIpc) is 2.22. The molecule has 0 spiro atoms. The lowest BCUT2D eigenvalue weighted by molar-refractivity contribution is 0.601. The number of hydrogen-bond acceptors (Lipinski definition) is 2. The number of aryl methyl sites for hydroxylation is 2. The van der Waals surface area contributed by atoms with Crippen LogP contribution >= 0.6 is 11.8 Å². The van der Waals surface area contributed by atoms with Gasteiger partial charge in [-0.1, -0.05) is 18.2 Å². The van der Waals surface area contributed by atoms with Crippen LogP contribution in [0.2, 0.25) is 0 Å². The first kappa shape index (κ1) is 12.6. The Balaban J connectivity index is 2.57. The van der Waals surface area contributed by atoms with E-state index in [-0.39, 0.29) is 0 Å². The van der Waals surface area contributed by atoms with Crippen molar-refractivity contribution in [2.45, 2.75) is 26.8 Å². The summed E-state index contributed by atoms with van der Waals surface area (Å²) in [7, 11) is 0. The number of nitrogens with one attached hydrogen (secondary N) is 1. The van der Waals surface area contributed by atoms with Gasteiger partial charge < -0.3 is 5.32 Å². The topological polar surface area (TPSA) is 12.0 Å². The largest absolute Gasteiger partial charge is 0.309 e. The summed E-state index contributed by atoms with van der Waals surface area (Å²) in [5.74, 6) is 1.18. The zero-order valence-electron chi connectivity index (χ0n) is 10.1. The van der Waals surface area contributed by atoms with Crippen LogP contribution in [0.25, 0.3) is 0 Å². The van der Waals surface area contributed by atoms with E-state index in [0.717, 1.165) is 6.54 Å². The molecule has 1 rings (SSSR count). The second-order valence-electron chi connectivity index (χ2n) is 4.01. The van der Waals surface area contributed by atoms with Gasteiger partial charge >= 0.3 is 0 Å². The SMILES string of the molecule is CSCCNC(C)c1ccc(C)c(C)c1. The summed E-state index contributed by atoms with van der Waals surface area (Å²) >= 11 is 1.88. The molecule has 0 bridgehead atoms. The molecule has 1 aromatic rings. The second kappa shape index (κ2) is 6.19. The van der Waals surface area contributed by atoms with Crippen LogP contribution in [-0.4, -0.2) is 18.6 Å². The lowest BCUT2D eigenvalue weighted by atomic mass is 10.0. The number of thioether (sulfide) groups is 1. The van der Waals surface area contributed by atoms with Gasteiger partial charge in [0.15, 0.2) is 0 Å². The first-order valence-corrected chi connectivity index (χ1v) is 6.84. The quantitative estimate of drug-likeness (QED) is 0.769. The fourth-order valence-electron chi connectivity index (χ4n) is 1.53. The molecule has 1 aromatic carbocycles. The molecule has 84 valence electrons. The zero-order valence-corrected chi connectivity index (χ0v) is 10.9. The van der Waals surface area contributed by atoms with E-state index in [0.29, 0.717) is 6.04 Å². The van der Waals surface area contributed by atoms with Crippen LogP contribution in [-0.2, 0) is 0 Å². The lowest BCUT2D eigenvalue weighted by Crippen LogP contribution is -2.21. The number of rotatable bonds is 5. The summed E-state index contributed by atoms with van der Waals surface area (Å²) in [6.07, 6.45) is 2.14. The summed E-state index contributed by atoms with van der Waals surface area (Å²) in [5.41, 5.74) is 4.14. The highest BCUT2D eigenvalue weighted by Crippen LogP contribution is 2.16. The maximum atomic E-state index is 3.53. The third-order valence-electron chi connectivity index (χ3n) is 2.79. The van der Waals surface area contributed by atoms with Gasteiger partial charge in [0.1, 0.15) is 0 Å². The van der Waals surface area contributed by atoms with Gasteiger partial charge in [-0.15, -0.1) is 0 Å². The van der Waals surface area contributed by atoms with Crippen LogP contribution in [0.3, 0.4) is 0 Å². The maximum absolute atomic E-state index is 3.53. The summed E-state index contributed by atoms with van der Waals surface area (Å²) in [4.78, 5) is 0. The van der Waals surface area contributed by atoms with E-state index in [9.17, 15) is 0 Å². The smallest absolute Gasteiger partial charge is 0.0292 e. The summed E-state index contributed by atoms with van der Waals surface area (Å²) < 4.78 is 0. The lowest BCUT2D eigenvalue weighted by Gasteiger charge is -2.15. The van der Waals surface area contributed by atoms with E-state index in [1.807, 2.05) is 11.8 Å². The molecule has 0 fully saturated rings. The Hall–Kier alpha value is -0.470. The highest BCUT2D eigenvalue weighted by molar-refractivity contribution is 7.98. The molecule has 1 N–H and O–H groups in total. The first-order chi connectivity index (χ1) is 7.15. The standard InChI is InChI=1S/C13H21NS/c1-10-5-6-13(9-11(10)2)12(3)14-7-8-15-4/h5-6,9,12,14H,7-8H2,1-4H3. The Kier molecular flexibility index (Phi) is 5.20. The van der Waals surface area contributed by atoms with Gasteiger partial charge in [0, 0.05) is 18.3 Å². The minimum atomic E-state index is 0.455. The monoisotopic (exact) mass is 223 g/mol. The average molecular weight is 223 g/mol. The molecule has 0 saturated heterocycles. The van der Waals surface area contributed by atoms with Crippen LogP contribution in [0, 0.1) is 13.8 Å². The summed E-state index contributed by atoms with van der Waals surface area (Å²) in [5, 5.41) is 3.53. The number of benzene rings is 1. The molecule has 0 radical (unpaired) electrons. The third-order valence-corrected chi connectivity index (χ3v) is 3.40. The van der Waals surface area contributed by atoms with Gasteiger partial charge in [0.2, 0.25) is 0 Å². The molecule has 2 heteroatoms. The van der Waals surface area contributed by atoms with E-state index in [1.165, 1.54) is 22.4 Å². The fourth-order valence-corrected chi connectivity index (χ4v) is 1.85. The van der Waals surface area contributed by atoms with E-state index < -0.39 is 0 Å². The van der Waals surface area contributed by atoms with Crippen molar-refractivity contribution in [1.29, 1.82) is 0 Å². The van der Waals surface area contributed by atoms with Gasteiger partial charge in [-0.2, -0.15) is 11.8 Å². The van der Waals surface area contributed by atoms with Gasteiger partial charge in [0.05, 0.1) is 0 Å². The van der Waals surface area contributed by atoms with E-state index >= 15 is 0 Å². The highest BCUT2D eigenvalue weighted by Gasteiger charge is 2.04. The normalized spacial score (nSPS) is 12.8. The molecule has 0 saturated carbocycles. The van der Waals surface area contributed by atoms with Crippen molar-refractivity contribution in [2.24, 2.45) is 0 Å². The Labute approximate surface area is 97.7 Å². The van der Waals surface area contributed by atoms with Crippen LogP contribution in [0.4, 0.5) is 0 Å². The highest BCUT2D eigenvalue weighted by atomic mass is 32.2. The van der Waals surface area contributed by atoms with E-state index in [2.05, 4.69) is 50.5 Å². The summed E-state index contributed by atoms with van der Waals surface area (Å²) in [6.45, 7) is 7.64. The molecule has 0 aliphatic carbocycles. The van der Waals surface area contributed by atoms with Crippen molar-refractivity contribution < 1.29 is 0 Å². The second-order valence-corrected chi connectivity index (χ2v) is 5.00. The Morgan fingerprint density at radius 2 is 2.00 bits per heavy atom.